The van der Waals surface area contributed by atoms with Crippen LogP contribution in [0.15, 0.2) is 56.6 Å². The molecular formula is C16H10FNO7S. The highest BCUT2D eigenvalue weighted by Gasteiger charge is 2.26. The minimum atomic E-state index is -4.72. The second kappa shape index (κ2) is 6.15. The second-order valence-corrected chi connectivity index (χ2v) is 6.79. The molecule has 3 rings (SSSR count). The van der Waals surface area contributed by atoms with Gasteiger partial charge in [0.25, 0.3) is 10.0 Å². The number of nitrogens with one attached hydrogen (secondary N) is 1. The number of anilines is 1. The van der Waals surface area contributed by atoms with E-state index in [2.05, 4.69) is 0 Å². The summed E-state index contributed by atoms with van der Waals surface area (Å²) < 4.78 is 45.7. The Labute approximate surface area is 145 Å². The van der Waals surface area contributed by atoms with Crippen LogP contribution >= 0.6 is 0 Å². The van der Waals surface area contributed by atoms with Gasteiger partial charge >= 0.3 is 11.6 Å². The Morgan fingerprint density at radius 2 is 1.81 bits per heavy atom. The maximum Gasteiger partial charge on any atom is 0.364 e. The zero-order valence-corrected chi connectivity index (χ0v) is 13.6. The molecule has 0 amide bonds. The number of para-hydroxylation sites is 1. The Hall–Kier alpha value is -3.40. The number of rotatable bonds is 4. The zero-order valence-electron chi connectivity index (χ0n) is 12.8. The fourth-order valence-electron chi connectivity index (χ4n) is 2.30. The quantitative estimate of drug-likeness (QED) is 0.591. The predicted molar refractivity (Wildman–Crippen MR) is 88.3 cm³/mol. The van der Waals surface area contributed by atoms with Crippen molar-refractivity contribution in [3.8, 4) is 5.75 Å². The maximum absolute atomic E-state index is 14.2. The average Bonchev–Trinajstić information content (AvgIpc) is 2.58. The van der Waals surface area contributed by atoms with E-state index < -0.39 is 49.3 Å². The molecule has 134 valence electrons. The highest BCUT2D eigenvalue weighted by Crippen LogP contribution is 2.31. The van der Waals surface area contributed by atoms with E-state index in [1.54, 1.807) is 10.8 Å². The summed E-state index contributed by atoms with van der Waals surface area (Å²) in [5.41, 5.74) is -2.84. The molecule has 0 radical (unpaired) electrons. The molecule has 0 aliphatic heterocycles. The van der Waals surface area contributed by atoms with Crippen molar-refractivity contribution in [3.05, 3.63) is 64.3 Å². The summed E-state index contributed by atoms with van der Waals surface area (Å²) in [6.45, 7) is 0. The van der Waals surface area contributed by atoms with Crippen LogP contribution in [0.5, 0.6) is 5.75 Å². The number of carboxylic acid groups (broad SMARTS) is 1. The molecule has 26 heavy (non-hydrogen) atoms. The fourth-order valence-corrected chi connectivity index (χ4v) is 3.46. The smallest absolute Gasteiger partial charge is 0.364 e. The number of hydrogen-bond donors (Lipinski definition) is 3. The Morgan fingerprint density at radius 1 is 1.12 bits per heavy atom. The van der Waals surface area contributed by atoms with Crippen LogP contribution in [0.2, 0.25) is 0 Å². The lowest BCUT2D eigenvalue weighted by atomic mass is 10.2. The van der Waals surface area contributed by atoms with Gasteiger partial charge in [-0.15, -0.1) is 0 Å². The van der Waals surface area contributed by atoms with E-state index in [-0.39, 0.29) is 11.0 Å². The Balaban J connectivity index is 2.15. The number of sulfonamides is 1. The van der Waals surface area contributed by atoms with Gasteiger partial charge in [0.1, 0.15) is 10.5 Å². The summed E-state index contributed by atoms with van der Waals surface area (Å²) >= 11 is 0. The van der Waals surface area contributed by atoms with E-state index in [0.717, 1.165) is 18.2 Å². The highest BCUT2D eigenvalue weighted by molar-refractivity contribution is 7.92. The summed E-state index contributed by atoms with van der Waals surface area (Å²) in [5, 5.41) is 19.1. The number of carbonyl (C=O) groups is 1. The molecule has 0 unspecified atom stereocenters. The van der Waals surface area contributed by atoms with Crippen molar-refractivity contribution in [1.29, 1.82) is 0 Å². The fraction of sp³-hybridized carbons (Fsp3) is 0. The van der Waals surface area contributed by atoms with Gasteiger partial charge in [0.05, 0.1) is 10.9 Å². The SMILES string of the molecule is O=C(O)c1cccc(S(=O)(=O)Nc2c(O)c3ccccc3oc2=O)c1F. The Morgan fingerprint density at radius 3 is 2.50 bits per heavy atom. The molecule has 1 heterocycles. The van der Waals surface area contributed by atoms with E-state index in [0.29, 0.717) is 0 Å². The summed E-state index contributed by atoms with van der Waals surface area (Å²) in [6.07, 6.45) is 0. The van der Waals surface area contributed by atoms with Crippen molar-refractivity contribution in [3.63, 3.8) is 0 Å². The van der Waals surface area contributed by atoms with Gasteiger partial charge in [0.15, 0.2) is 17.3 Å². The van der Waals surface area contributed by atoms with E-state index in [9.17, 15) is 27.5 Å². The molecule has 0 bridgehead atoms. The topological polar surface area (TPSA) is 134 Å². The minimum Gasteiger partial charge on any atom is -0.505 e. The molecule has 0 saturated carbocycles. The molecule has 3 aromatic rings. The van der Waals surface area contributed by atoms with Gasteiger partial charge in [-0.1, -0.05) is 18.2 Å². The van der Waals surface area contributed by atoms with Gasteiger partial charge in [-0.05, 0) is 24.3 Å². The summed E-state index contributed by atoms with van der Waals surface area (Å²) in [5.74, 6) is -3.86. The van der Waals surface area contributed by atoms with Gasteiger partial charge in [-0.2, -0.15) is 0 Å². The van der Waals surface area contributed by atoms with Crippen molar-refractivity contribution in [1.82, 2.24) is 0 Å². The first kappa shape index (κ1) is 17.4. The Bertz CT molecular complexity index is 1200. The third-order valence-electron chi connectivity index (χ3n) is 3.51. The van der Waals surface area contributed by atoms with E-state index in [1.165, 1.54) is 18.2 Å². The van der Waals surface area contributed by atoms with Gasteiger partial charge in [-0.3, -0.25) is 4.72 Å². The molecule has 0 atom stereocenters. The third kappa shape index (κ3) is 2.86. The van der Waals surface area contributed by atoms with Crippen molar-refractivity contribution in [2.45, 2.75) is 4.90 Å². The standard InChI is InChI=1S/C16H10FNO7S/c17-12-9(15(20)21)5-3-7-11(12)26(23,24)18-13-14(19)8-4-1-2-6-10(8)25-16(13)22/h1-7,18-19H,(H,20,21). The van der Waals surface area contributed by atoms with Crippen LogP contribution in [0.1, 0.15) is 10.4 Å². The molecule has 1 aromatic heterocycles. The molecule has 0 spiro atoms. The number of carboxylic acids is 1. The first-order valence-electron chi connectivity index (χ1n) is 7.02. The first-order valence-corrected chi connectivity index (χ1v) is 8.50. The van der Waals surface area contributed by atoms with Crippen LogP contribution in [0.3, 0.4) is 0 Å². The minimum absolute atomic E-state index is 0.0250. The van der Waals surface area contributed by atoms with Crippen LogP contribution < -0.4 is 10.3 Å². The number of hydrogen-bond acceptors (Lipinski definition) is 6. The van der Waals surface area contributed by atoms with Crippen LogP contribution in [-0.2, 0) is 10.0 Å². The molecule has 0 aliphatic carbocycles. The summed E-state index contributed by atoms with van der Waals surface area (Å²) in [4.78, 5) is 21.9. The van der Waals surface area contributed by atoms with Crippen molar-refractivity contribution < 1.29 is 32.2 Å². The monoisotopic (exact) mass is 379 g/mol. The van der Waals surface area contributed by atoms with Gasteiger partial charge in [0.2, 0.25) is 0 Å². The Kier molecular flexibility index (Phi) is 4.12. The second-order valence-electron chi connectivity index (χ2n) is 5.14. The number of aromatic carboxylic acids is 1. The van der Waals surface area contributed by atoms with E-state index in [1.807, 2.05) is 0 Å². The number of halogens is 1. The molecule has 0 saturated heterocycles. The summed E-state index contributed by atoms with van der Waals surface area (Å²) in [7, 11) is -4.72. The lowest BCUT2D eigenvalue weighted by molar-refractivity contribution is 0.0691. The lowest BCUT2D eigenvalue weighted by Gasteiger charge is -2.11. The average molecular weight is 379 g/mol. The van der Waals surface area contributed by atoms with Crippen molar-refractivity contribution in [2.24, 2.45) is 0 Å². The molecule has 0 fully saturated rings. The van der Waals surface area contributed by atoms with Crippen LogP contribution in [0.4, 0.5) is 10.1 Å². The third-order valence-corrected chi connectivity index (χ3v) is 4.87. The lowest BCUT2D eigenvalue weighted by Crippen LogP contribution is -2.20. The molecule has 3 N–H and O–H groups in total. The number of benzene rings is 2. The molecule has 2 aromatic carbocycles. The molecule has 8 nitrogen and oxygen atoms in total. The normalized spacial score (nSPS) is 11.4. The van der Waals surface area contributed by atoms with Crippen molar-refractivity contribution >= 4 is 32.6 Å². The molecule has 10 heteroatoms. The highest BCUT2D eigenvalue weighted by atomic mass is 32.2. The van der Waals surface area contributed by atoms with Gasteiger partial charge in [0, 0.05) is 0 Å². The number of aromatic hydroxyl groups is 1. The molecule has 0 aliphatic rings. The van der Waals surface area contributed by atoms with Gasteiger partial charge in [-0.25, -0.2) is 22.4 Å². The largest absolute Gasteiger partial charge is 0.505 e. The maximum atomic E-state index is 14.2. The van der Waals surface area contributed by atoms with E-state index in [4.69, 9.17) is 9.52 Å². The van der Waals surface area contributed by atoms with Crippen LogP contribution in [-0.4, -0.2) is 24.6 Å². The predicted octanol–water partition coefficient (Wildman–Crippen LogP) is 2.14. The van der Waals surface area contributed by atoms with E-state index >= 15 is 0 Å². The van der Waals surface area contributed by atoms with Crippen molar-refractivity contribution in [2.75, 3.05) is 4.72 Å². The number of fused-ring (bicyclic) bond motifs is 1. The van der Waals surface area contributed by atoms with Crippen LogP contribution in [0.25, 0.3) is 11.0 Å². The van der Waals surface area contributed by atoms with Gasteiger partial charge < -0.3 is 14.6 Å². The van der Waals surface area contributed by atoms with Crippen LogP contribution in [0, 0.1) is 5.82 Å². The first-order chi connectivity index (χ1) is 12.2. The summed E-state index contributed by atoms with van der Waals surface area (Å²) in [6, 6.07) is 8.59. The molecular weight excluding hydrogens is 369 g/mol. The zero-order chi connectivity index (χ0) is 19.1.